The first-order valence-corrected chi connectivity index (χ1v) is 11.9. The van der Waals surface area contributed by atoms with Crippen LogP contribution in [0.4, 0.5) is 0 Å². The summed E-state index contributed by atoms with van der Waals surface area (Å²) in [6, 6.07) is 8.83. The number of benzene rings is 1. The highest BCUT2D eigenvalue weighted by atomic mass is 127. The maximum absolute atomic E-state index is 5.45. The van der Waals surface area contributed by atoms with E-state index in [1.54, 1.807) is 0 Å². The second-order valence-electron chi connectivity index (χ2n) is 8.71. The van der Waals surface area contributed by atoms with Crippen LogP contribution >= 0.6 is 24.0 Å². The summed E-state index contributed by atoms with van der Waals surface area (Å²) in [7, 11) is 0. The SMILES string of the molecule is CCNC(=NCc1cccc(CN2CCOCC2)c1)NCCCN1CCC(C)CC1.I. The first-order chi connectivity index (χ1) is 14.7. The quantitative estimate of drug-likeness (QED) is 0.217. The molecule has 0 amide bonds. The van der Waals surface area contributed by atoms with Crippen LogP contribution in [0.25, 0.3) is 0 Å². The largest absolute Gasteiger partial charge is 0.379 e. The monoisotopic (exact) mass is 543 g/mol. The lowest BCUT2D eigenvalue weighted by Crippen LogP contribution is -2.39. The van der Waals surface area contributed by atoms with E-state index < -0.39 is 0 Å². The molecule has 7 heteroatoms. The molecular formula is C24H42IN5O. The van der Waals surface area contributed by atoms with Gasteiger partial charge in [0.1, 0.15) is 0 Å². The molecule has 1 aromatic carbocycles. The summed E-state index contributed by atoms with van der Waals surface area (Å²) in [6.07, 6.45) is 3.86. The van der Waals surface area contributed by atoms with Gasteiger partial charge in [-0.15, -0.1) is 24.0 Å². The molecule has 1 aromatic rings. The second kappa shape index (κ2) is 15.0. The minimum Gasteiger partial charge on any atom is -0.379 e. The molecule has 2 saturated heterocycles. The predicted octanol–water partition coefficient (Wildman–Crippen LogP) is 3.31. The molecule has 0 bridgehead atoms. The molecule has 31 heavy (non-hydrogen) atoms. The van der Waals surface area contributed by atoms with Gasteiger partial charge in [-0.05, 0) is 62.9 Å². The van der Waals surface area contributed by atoms with Crippen molar-refractivity contribution in [1.82, 2.24) is 20.4 Å². The number of piperidine rings is 1. The van der Waals surface area contributed by atoms with Crippen LogP contribution in [0.2, 0.25) is 0 Å². The smallest absolute Gasteiger partial charge is 0.191 e. The van der Waals surface area contributed by atoms with Gasteiger partial charge in [0.25, 0.3) is 0 Å². The van der Waals surface area contributed by atoms with Gasteiger partial charge in [-0.1, -0.05) is 31.2 Å². The van der Waals surface area contributed by atoms with Crippen molar-refractivity contribution in [2.75, 3.05) is 59.0 Å². The first kappa shape index (κ1) is 26.4. The summed E-state index contributed by atoms with van der Waals surface area (Å²) >= 11 is 0. The Morgan fingerprint density at radius 3 is 2.55 bits per heavy atom. The fraction of sp³-hybridized carbons (Fsp3) is 0.708. The van der Waals surface area contributed by atoms with Crippen molar-refractivity contribution in [2.45, 2.75) is 46.2 Å². The van der Waals surface area contributed by atoms with Crippen LogP contribution in [0, 0.1) is 5.92 Å². The van der Waals surface area contributed by atoms with Crippen LogP contribution in [0.15, 0.2) is 29.3 Å². The molecule has 2 N–H and O–H groups in total. The van der Waals surface area contributed by atoms with Gasteiger partial charge in [0.15, 0.2) is 5.96 Å². The molecule has 0 aromatic heterocycles. The van der Waals surface area contributed by atoms with Crippen LogP contribution in [-0.4, -0.2) is 74.8 Å². The summed E-state index contributed by atoms with van der Waals surface area (Å²) in [4.78, 5) is 9.87. The molecule has 2 heterocycles. The molecule has 176 valence electrons. The Labute approximate surface area is 206 Å². The van der Waals surface area contributed by atoms with Gasteiger partial charge < -0.3 is 20.3 Å². The molecule has 6 nitrogen and oxygen atoms in total. The fourth-order valence-electron chi connectivity index (χ4n) is 4.15. The van der Waals surface area contributed by atoms with Crippen molar-refractivity contribution in [3.63, 3.8) is 0 Å². The lowest BCUT2D eigenvalue weighted by molar-refractivity contribution is 0.0342. The minimum atomic E-state index is 0. The second-order valence-corrected chi connectivity index (χ2v) is 8.71. The topological polar surface area (TPSA) is 52.1 Å². The van der Waals surface area contributed by atoms with Crippen molar-refractivity contribution in [2.24, 2.45) is 10.9 Å². The molecule has 0 saturated carbocycles. The lowest BCUT2D eigenvalue weighted by atomic mass is 9.99. The van der Waals surface area contributed by atoms with Gasteiger partial charge in [-0.2, -0.15) is 0 Å². The third kappa shape index (κ3) is 10.1. The van der Waals surface area contributed by atoms with Crippen molar-refractivity contribution in [1.29, 1.82) is 0 Å². The third-order valence-corrected chi connectivity index (χ3v) is 6.09. The van der Waals surface area contributed by atoms with Gasteiger partial charge >= 0.3 is 0 Å². The standard InChI is InChI=1S/C24H41N5O.HI/c1-3-25-24(26-10-5-11-28-12-8-21(2)9-13-28)27-19-22-6-4-7-23(18-22)20-29-14-16-30-17-15-29;/h4,6-7,18,21H,3,5,8-17,19-20H2,1-2H3,(H2,25,26,27);1H. The molecule has 0 spiro atoms. The number of hydrogen-bond acceptors (Lipinski definition) is 4. The van der Waals surface area contributed by atoms with Gasteiger partial charge in [0.2, 0.25) is 0 Å². The molecule has 2 aliphatic rings. The average molecular weight is 544 g/mol. The number of hydrogen-bond donors (Lipinski definition) is 2. The van der Waals surface area contributed by atoms with Gasteiger partial charge in [-0.25, -0.2) is 4.99 Å². The average Bonchev–Trinajstić information content (AvgIpc) is 2.77. The van der Waals surface area contributed by atoms with Crippen LogP contribution in [-0.2, 0) is 17.8 Å². The zero-order valence-corrected chi connectivity index (χ0v) is 21.8. The summed E-state index contributed by atoms with van der Waals surface area (Å²) in [5.41, 5.74) is 2.62. The van der Waals surface area contributed by atoms with Gasteiger partial charge in [0, 0.05) is 32.7 Å². The van der Waals surface area contributed by atoms with E-state index in [0.717, 1.165) is 64.2 Å². The normalized spacial score (nSPS) is 19.1. The Kier molecular flexibility index (Phi) is 12.8. The van der Waals surface area contributed by atoms with Crippen molar-refractivity contribution >= 4 is 29.9 Å². The third-order valence-electron chi connectivity index (χ3n) is 6.09. The predicted molar refractivity (Wildman–Crippen MR) is 140 cm³/mol. The summed E-state index contributed by atoms with van der Waals surface area (Å²) in [5.74, 6) is 1.82. The molecule has 0 unspecified atom stereocenters. The van der Waals surface area contributed by atoms with Crippen molar-refractivity contribution in [3.05, 3.63) is 35.4 Å². The van der Waals surface area contributed by atoms with E-state index in [4.69, 9.17) is 9.73 Å². The van der Waals surface area contributed by atoms with E-state index in [9.17, 15) is 0 Å². The molecule has 0 atom stereocenters. The van der Waals surface area contributed by atoms with Gasteiger partial charge in [0.05, 0.1) is 19.8 Å². The van der Waals surface area contributed by atoms with Crippen LogP contribution in [0.5, 0.6) is 0 Å². The lowest BCUT2D eigenvalue weighted by Gasteiger charge is -2.30. The number of likely N-dealkylation sites (tertiary alicyclic amines) is 1. The number of rotatable bonds is 9. The Hall–Kier alpha value is -0.900. The zero-order valence-electron chi connectivity index (χ0n) is 19.4. The van der Waals surface area contributed by atoms with Crippen LogP contribution < -0.4 is 10.6 Å². The van der Waals surface area contributed by atoms with E-state index in [1.165, 1.54) is 43.6 Å². The highest BCUT2D eigenvalue weighted by Gasteiger charge is 2.15. The number of morpholine rings is 1. The Morgan fingerprint density at radius 2 is 1.81 bits per heavy atom. The number of aliphatic imine (C=N–C) groups is 1. The van der Waals surface area contributed by atoms with E-state index in [2.05, 4.69) is 58.5 Å². The fourth-order valence-corrected chi connectivity index (χ4v) is 4.15. The van der Waals surface area contributed by atoms with Crippen molar-refractivity contribution in [3.8, 4) is 0 Å². The zero-order chi connectivity index (χ0) is 21.0. The molecule has 3 rings (SSSR count). The maximum Gasteiger partial charge on any atom is 0.191 e. The maximum atomic E-state index is 5.45. The highest BCUT2D eigenvalue weighted by Crippen LogP contribution is 2.15. The summed E-state index contributed by atoms with van der Waals surface area (Å²) < 4.78 is 5.45. The Morgan fingerprint density at radius 1 is 1.06 bits per heavy atom. The molecule has 0 aliphatic carbocycles. The number of halogens is 1. The number of ether oxygens (including phenoxy) is 1. The Balaban J connectivity index is 0.00000341. The molecular weight excluding hydrogens is 501 g/mol. The summed E-state index contributed by atoms with van der Waals surface area (Å²) in [6.45, 7) is 15.5. The first-order valence-electron chi connectivity index (χ1n) is 11.9. The number of guanidine groups is 1. The molecule has 2 fully saturated rings. The van der Waals surface area contributed by atoms with E-state index >= 15 is 0 Å². The van der Waals surface area contributed by atoms with Crippen molar-refractivity contribution < 1.29 is 4.74 Å². The van der Waals surface area contributed by atoms with E-state index in [0.29, 0.717) is 6.54 Å². The number of nitrogens with one attached hydrogen (secondary N) is 2. The Bertz CT molecular complexity index is 643. The molecule has 2 aliphatic heterocycles. The van der Waals surface area contributed by atoms with E-state index in [1.807, 2.05) is 0 Å². The summed E-state index contributed by atoms with van der Waals surface area (Å²) in [5, 5.41) is 6.89. The van der Waals surface area contributed by atoms with Crippen LogP contribution in [0.1, 0.15) is 44.2 Å². The van der Waals surface area contributed by atoms with Gasteiger partial charge in [-0.3, -0.25) is 4.90 Å². The highest BCUT2D eigenvalue weighted by molar-refractivity contribution is 14.0. The number of nitrogens with zero attached hydrogens (tertiary/aromatic N) is 3. The molecule has 0 radical (unpaired) electrons. The minimum absolute atomic E-state index is 0. The van der Waals surface area contributed by atoms with Crippen LogP contribution in [0.3, 0.4) is 0 Å². The van der Waals surface area contributed by atoms with E-state index in [-0.39, 0.29) is 24.0 Å².